The maximum atomic E-state index is 9.34. The number of aromatic nitrogens is 3. The van der Waals surface area contributed by atoms with Crippen LogP contribution < -0.4 is 0 Å². The molecule has 0 bridgehead atoms. The first-order chi connectivity index (χ1) is 9.74. The minimum atomic E-state index is 0.314. The first-order valence-corrected chi connectivity index (χ1v) is 7.16. The molecule has 20 heavy (non-hydrogen) atoms. The van der Waals surface area contributed by atoms with Gasteiger partial charge in [-0.05, 0) is 30.5 Å². The smallest absolute Gasteiger partial charge is 0.150 e. The minimum Gasteiger partial charge on any atom is -0.508 e. The number of aryl methyl sites for hydroxylation is 1. The highest BCUT2D eigenvalue weighted by atomic mass is 16.3. The maximum absolute atomic E-state index is 9.34. The summed E-state index contributed by atoms with van der Waals surface area (Å²) in [6.45, 7) is 3.74. The Labute approximate surface area is 118 Å². The molecule has 0 aliphatic heterocycles. The number of phenols is 1. The molecular formula is C15H20N4O. The second kappa shape index (κ2) is 5.63. The molecular weight excluding hydrogens is 252 g/mol. The van der Waals surface area contributed by atoms with Crippen molar-refractivity contribution < 1.29 is 5.11 Å². The maximum Gasteiger partial charge on any atom is 0.150 e. The molecule has 1 aromatic carbocycles. The highest BCUT2D eigenvalue weighted by Crippen LogP contribution is 2.29. The molecule has 0 saturated heterocycles. The number of hydrogen-bond donors (Lipinski definition) is 2. The standard InChI is InChI=1S/C15H20N4O/c1-2-14-16-15(18-17-14)10-19(12-5-6-12)9-11-3-7-13(20)8-4-11/h3-4,7-8,12,20H,2,5-6,9-10H2,1H3,(H,16,17,18). The summed E-state index contributed by atoms with van der Waals surface area (Å²) in [4.78, 5) is 6.91. The Morgan fingerprint density at radius 3 is 2.60 bits per heavy atom. The van der Waals surface area contributed by atoms with Crippen molar-refractivity contribution in [2.24, 2.45) is 0 Å². The molecule has 0 amide bonds. The van der Waals surface area contributed by atoms with Gasteiger partial charge in [0.15, 0.2) is 0 Å². The van der Waals surface area contributed by atoms with E-state index in [2.05, 4.69) is 27.0 Å². The summed E-state index contributed by atoms with van der Waals surface area (Å²) in [6, 6.07) is 8.08. The highest BCUT2D eigenvalue weighted by molar-refractivity contribution is 5.26. The molecule has 3 rings (SSSR count). The average Bonchev–Trinajstić information content (AvgIpc) is 3.21. The van der Waals surface area contributed by atoms with Crippen LogP contribution in [0.25, 0.3) is 0 Å². The molecule has 0 spiro atoms. The van der Waals surface area contributed by atoms with Gasteiger partial charge in [-0.2, -0.15) is 5.10 Å². The van der Waals surface area contributed by atoms with Gasteiger partial charge in [-0.1, -0.05) is 19.1 Å². The van der Waals surface area contributed by atoms with Crippen LogP contribution in [0.3, 0.4) is 0 Å². The first kappa shape index (κ1) is 13.1. The van der Waals surface area contributed by atoms with E-state index in [1.54, 1.807) is 12.1 Å². The summed E-state index contributed by atoms with van der Waals surface area (Å²) in [7, 11) is 0. The summed E-state index contributed by atoms with van der Waals surface area (Å²) in [5, 5.41) is 16.6. The Bertz CT molecular complexity index is 560. The van der Waals surface area contributed by atoms with Crippen molar-refractivity contribution in [3.8, 4) is 5.75 Å². The van der Waals surface area contributed by atoms with Gasteiger partial charge in [0, 0.05) is 19.0 Å². The fourth-order valence-electron chi connectivity index (χ4n) is 2.35. The molecule has 2 N–H and O–H groups in total. The zero-order chi connectivity index (χ0) is 13.9. The van der Waals surface area contributed by atoms with E-state index in [0.717, 1.165) is 31.2 Å². The number of hydrogen-bond acceptors (Lipinski definition) is 4. The van der Waals surface area contributed by atoms with E-state index in [1.165, 1.54) is 18.4 Å². The minimum absolute atomic E-state index is 0.314. The van der Waals surface area contributed by atoms with E-state index < -0.39 is 0 Å². The van der Waals surface area contributed by atoms with Gasteiger partial charge in [0.25, 0.3) is 0 Å². The van der Waals surface area contributed by atoms with Crippen molar-refractivity contribution >= 4 is 0 Å². The lowest BCUT2D eigenvalue weighted by Gasteiger charge is -2.20. The molecule has 0 unspecified atom stereocenters. The van der Waals surface area contributed by atoms with Crippen LogP contribution in [0.5, 0.6) is 5.75 Å². The summed E-state index contributed by atoms with van der Waals surface area (Å²) in [5.41, 5.74) is 1.21. The monoisotopic (exact) mass is 272 g/mol. The fourth-order valence-corrected chi connectivity index (χ4v) is 2.35. The van der Waals surface area contributed by atoms with E-state index in [0.29, 0.717) is 11.8 Å². The van der Waals surface area contributed by atoms with Gasteiger partial charge < -0.3 is 5.11 Å². The quantitative estimate of drug-likeness (QED) is 0.846. The second-order valence-corrected chi connectivity index (χ2v) is 5.35. The van der Waals surface area contributed by atoms with E-state index in [9.17, 15) is 5.11 Å². The number of nitrogens with one attached hydrogen (secondary N) is 1. The lowest BCUT2D eigenvalue weighted by molar-refractivity contribution is 0.239. The van der Waals surface area contributed by atoms with Crippen LogP contribution in [0.15, 0.2) is 24.3 Å². The Kier molecular flexibility index (Phi) is 3.69. The highest BCUT2D eigenvalue weighted by Gasteiger charge is 2.29. The topological polar surface area (TPSA) is 65.0 Å². The van der Waals surface area contributed by atoms with E-state index in [4.69, 9.17) is 0 Å². The van der Waals surface area contributed by atoms with Crippen LogP contribution in [0.1, 0.15) is 37.0 Å². The number of aromatic hydroxyl groups is 1. The van der Waals surface area contributed by atoms with Crippen LogP contribution in [0, 0.1) is 0 Å². The predicted octanol–water partition coefficient (Wildman–Crippen LogP) is 2.24. The van der Waals surface area contributed by atoms with Gasteiger partial charge in [0.05, 0.1) is 6.54 Å². The third-order valence-electron chi connectivity index (χ3n) is 3.63. The lowest BCUT2D eigenvalue weighted by Crippen LogP contribution is -2.25. The molecule has 1 aromatic heterocycles. The van der Waals surface area contributed by atoms with Gasteiger partial charge in [-0.25, -0.2) is 4.98 Å². The van der Waals surface area contributed by atoms with Crippen LogP contribution in [0.4, 0.5) is 0 Å². The van der Waals surface area contributed by atoms with Gasteiger partial charge in [-0.15, -0.1) is 0 Å². The molecule has 0 radical (unpaired) electrons. The molecule has 2 aromatic rings. The number of aromatic amines is 1. The SMILES string of the molecule is CCc1n[nH]c(CN(Cc2ccc(O)cc2)C2CC2)n1. The van der Waals surface area contributed by atoms with Crippen molar-refractivity contribution in [1.82, 2.24) is 20.1 Å². The zero-order valence-electron chi connectivity index (χ0n) is 11.7. The second-order valence-electron chi connectivity index (χ2n) is 5.35. The number of rotatable bonds is 6. The Hall–Kier alpha value is -1.88. The Morgan fingerprint density at radius 2 is 2.00 bits per heavy atom. The van der Waals surface area contributed by atoms with Crippen LogP contribution >= 0.6 is 0 Å². The largest absolute Gasteiger partial charge is 0.508 e. The van der Waals surface area contributed by atoms with Gasteiger partial charge >= 0.3 is 0 Å². The summed E-state index contributed by atoms with van der Waals surface area (Å²) < 4.78 is 0. The van der Waals surface area contributed by atoms with Gasteiger partial charge in [0.1, 0.15) is 17.4 Å². The van der Waals surface area contributed by atoms with Crippen molar-refractivity contribution in [2.75, 3.05) is 0 Å². The molecule has 1 fully saturated rings. The summed E-state index contributed by atoms with van der Waals surface area (Å²) in [6.07, 6.45) is 3.37. The molecule has 0 atom stereocenters. The van der Waals surface area contributed by atoms with E-state index >= 15 is 0 Å². The third kappa shape index (κ3) is 3.17. The molecule has 5 heteroatoms. The normalized spacial score (nSPS) is 14.9. The zero-order valence-corrected chi connectivity index (χ0v) is 11.7. The molecule has 1 heterocycles. The number of H-pyrrole nitrogens is 1. The van der Waals surface area contributed by atoms with Crippen molar-refractivity contribution in [2.45, 2.75) is 45.3 Å². The van der Waals surface area contributed by atoms with Gasteiger partial charge in [-0.3, -0.25) is 10.00 Å². The number of nitrogens with zero attached hydrogens (tertiary/aromatic N) is 3. The molecule has 5 nitrogen and oxygen atoms in total. The number of phenolic OH excluding ortho intramolecular Hbond substituents is 1. The first-order valence-electron chi connectivity index (χ1n) is 7.16. The Balaban J connectivity index is 1.67. The lowest BCUT2D eigenvalue weighted by atomic mass is 10.2. The number of benzene rings is 1. The Morgan fingerprint density at radius 1 is 1.25 bits per heavy atom. The van der Waals surface area contributed by atoms with Crippen molar-refractivity contribution in [3.63, 3.8) is 0 Å². The fraction of sp³-hybridized carbons (Fsp3) is 0.467. The van der Waals surface area contributed by atoms with Crippen molar-refractivity contribution in [1.29, 1.82) is 0 Å². The summed E-state index contributed by atoms with van der Waals surface area (Å²) in [5.74, 6) is 2.13. The average molecular weight is 272 g/mol. The van der Waals surface area contributed by atoms with Crippen LogP contribution in [0.2, 0.25) is 0 Å². The van der Waals surface area contributed by atoms with Crippen LogP contribution in [-0.2, 0) is 19.5 Å². The van der Waals surface area contributed by atoms with Crippen LogP contribution in [-0.4, -0.2) is 31.2 Å². The molecule has 1 aliphatic rings. The van der Waals surface area contributed by atoms with Gasteiger partial charge in [0.2, 0.25) is 0 Å². The molecule has 1 aliphatic carbocycles. The van der Waals surface area contributed by atoms with E-state index in [-0.39, 0.29) is 0 Å². The third-order valence-corrected chi connectivity index (χ3v) is 3.63. The molecule has 1 saturated carbocycles. The van der Waals surface area contributed by atoms with Crippen molar-refractivity contribution in [3.05, 3.63) is 41.5 Å². The molecule has 106 valence electrons. The van der Waals surface area contributed by atoms with E-state index in [1.807, 2.05) is 12.1 Å². The predicted molar refractivity (Wildman–Crippen MR) is 76.1 cm³/mol. The summed E-state index contributed by atoms with van der Waals surface area (Å²) >= 11 is 0.